The maximum Gasteiger partial charge on any atom is 0.317 e. The number of benzene rings is 1. The molecule has 1 saturated carbocycles. The van der Waals surface area contributed by atoms with Crippen LogP contribution < -0.4 is 5.32 Å². The van der Waals surface area contributed by atoms with E-state index in [-0.39, 0.29) is 6.03 Å². The van der Waals surface area contributed by atoms with Crippen LogP contribution in [0.5, 0.6) is 0 Å². The van der Waals surface area contributed by atoms with Crippen LogP contribution in [0.4, 0.5) is 4.79 Å². The largest absolute Gasteiger partial charge is 0.335 e. The van der Waals surface area contributed by atoms with Crippen LogP contribution >= 0.6 is 0 Å². The third kappa shape index (κ3) is 3.98. The minimum absolute atomic E-state index is 0.0441. The number of carbonyl (C=O) groups is 1. The number of hydrogen-bond donors (Lipinski definition) is 1. The van der Waals surface area contributed by atoms with Gasteiger partial charge in [-0.15, -0.1) is 0 Å². The molecule has 2 rings (SSSR count). The summed E-state index contributed by atoms with van der Waals surface area (Å²) in [7, 11) is 1.86. The Hall–Kier alpha value is -1.51. The van der Waals surface area contributed by atoms with E-state index in [1.165, 1.54) is 19.3 Å². The summed E-state index contributed by atoms with van der Waals surface area (Å²) in [5.74, 6) is 0.600. The van der Waals surface area contributed by atoms with Crippen LogP contribution in [-0.2, 0) is 6.54 Å². The van der Waals surface area contributed by atoms with Gasteiger partial charge in [0.1, 0.15) is 0 Å². The molecule has 0 heterocycles. The number of urea groups is 1. The molecule has 0 bridgehead atoms. The van der Waals surface area contributed by atoms with Crippen molar-refractivity contribution in [3.05, 3.63) is 35.9 Å². The normalized spacial score (nSPS) is 22.8. The van der Waals surface area contributed by atoms with E-state index in [4.69, 9.17) is 0 Å². The summed E-state index contributed by atoms with van der Waals surface area (Å²) in [6.07, 6.45) is 4.88. The molecular weight excluding hydrogens is 236 g/mol. The number of hydrogen-bond acceptors (Lipinski definition) is 1. The van der Waals surface area contributed by atoms with Gasteiger partial charge in [0.15, 0.2) is 0 Å². The smallest absolute Gasteiger partial charge is 0.317 e. The van der Waals surface area contributed by atoms with Crippen molar-refractivity contribution in [2.24, 2.45) is 5.92 Å². The highest BCUT2D eigenvalue weighted by atomic mass is 16.2. The minimum Gasteiger partial charge on any atom is -0.335 e. The molecule has 2 atom stereocenters. The van der Waals surface area contributed by atoms with Gasteiger partial charge in [-0.25, -0.2) is 4.79 Å². The zero-order valence-electron chi connectivity index (χ0n) is 11.9. The first kappa shape index (κ1) is 13.9. The lowest BCUT2D eigenvalue weighted by Crippen LogP contribution is -2.46. The van der Waals surface area contributed by atoms with Crippen LogP contribution in [0.3, 0.4) is 0 Å². The van der Waals surface area contributed by atoms with Crippen LogP contribution in [0.25, 0.3) is 0 Å². The lowest BCUT2D eigenvalue weighted by atomic mass is 9.86. The van der Waals surface area contributed by atoms with Crippen LogP contribution in [0.15, 0.2) is 30.3 Å². The van der Waals surface area contributed by atoms with Gasteiger partial charge < -0.3 is 10.2 Å². The first-order valence-corrected chi connectivity index (χ1v) is 7.22. The van der Waals surface area contributed by atoms with Crippen molar-refractivity contribution < 1.29 is 4.79 Å². The number of nitrogens with one attached hydrogen (secondary N) is 1. The summed E-state index contributed by atoms with van der Waals surface area (Å²) < 4.78 is 0. The van der Waals surface area contributed by atoms with Gasteiger partial charge in [-0.1, -0.05) is 50.1 Å². The van der Waals surface area contributed by atoms with Crippen molar-refractivity contribution in [2.45, 2.75) is 45.2 Å². The molecule has 1 fully saturated rings. The molecule has 0 spiro atoms. The molecule has 0 aliphatic heterocycles. The van der Waals surface area contributed by atoms with E-state index in [1.54, 1.807) is 4.90 Å². The number of carbonyl (C=O) groups excluding carboxylic acids is 1. The van der Waals surface area contributed by atoms with Crippen molar-refractivity contribution in [1.82, 2.24) is 10.2 Å². The molecule has 104 valence electrons. The quantitative estimate of drug-likeness (QED) is 0.887. The van der Waals surface area contributed by atoms with Gasteiger partial charge in [-0.2, -0.15) is 0 Å². The molecule has 0 unspecified atom stereocenters. The van der Waals surface area contributed by atoms with E-state index in [0.717, 1.165) is 12.0 Å². The van der Waals surface area contributed by atoms with Crippen LogP contribution in [0.2, 0.25) is 0 Å². The van der Waals surface area contributed by atoms with E-state index >= 15 is 0 Å². The predicted molar refractivity (Wildman–Crippen MR) is 77.9 cm³/mol. The zero-order valence-corrected chi connectivity index (χ0v) is 11.9. The van der Waals surface area contributed by atoms with E-state index in [0.29, 0.717) is 18.5 Å². The maximum atomic E-state index is 12.2. The highest BCUT2D eigenvalue weighted by Crippen LogP contribution is 2.23. The van der Waals surface area contributed by atoms with Gasteiger partial charge >= 0.3 is 6.03 Å². The number of rotatable bonds is 3. The molecule has 19 heavy (non-hydrogen) atoms. The second kappa shape index (κ2) is 6.60. The summed E-state index contributed by atoms with van der Waals surface area (Å²) in [6.45, 7) is 2.90. The Balaban J connectivity index is 1.85. The van der Waals surface area contributed by atoms with Gasteiger partial charge in [0, 0.05) is 19.6 Å². The van der Waals surface area contributed by atoms with Gasteiger partial charge in [0.2, 0.25) is 0 Å². The number of amides is 2. The van der Waals surface area contributed by atoms with Crippen molar-refractivity contribution >= 4 is 6.03 Å². The zero-order chi connectivity index (χ0) is 13.7. The lowest BCUT2D eigenvalue weighted by Gasteiger charge is -2.31. The molecule has 1 N–H and O–H groups in total. The Morgan fingerprint density at radius 1 is 1.26 bits per heavy atom. The molecule has 2 amide bonds. The lowest BCUT2D eigenvalue weighted by molar-refractivity contribution is 0.190. The van der Waals surface area contributed by atoms with Crippen LogP contribution in [0, 0.1) is 5.92 Å². The first-order chi connectivity index (χ1) is 9.16. The molecule has 0 radical (unpaired) electrons. The molecule has 1 aliphatic carbocycles. The first-order valence-electron chi connectivity index (χ1n) is 7.22. The van der Waals surface area contributed by atoms with Crippen LogP contribution in [0.1, 0.15) is 38.2 Å². The fourth-order valence-corrected chi connectivity index (χ4v) is 2.73. The highest BCUT2D eigenvalue weighted by Gasteiger charge is 2.23. The van der Waals surface area contributed by atoms with Crippen LogP contribution in [-0.4, -0.2) is 24.0 Å². The monoisotopic (exact) mass is 260 g/mol. The SMILES string of the molecule is C[C@@H]1CCCC[C@H]1NC(=O)N(C)Cc1ccccc1. The Bertz CT molecular complexity index is 404. The molecule has 1 aromatic rings. The van der Waals surface area contributed by atoms with Crippen molar-refractivity contribution in [3.8, 4) is 0 Å². The predicted octanol–water partition coefficient (Wildman–Crippen LogP) is 3.41. The summed E-state index contributed by atoms with van der Waals surface area (Å²) >= 11 is 0. The molecule has 1 aromatic carbocycles. The second-order valence-corrected chi connectivity index (χ2v) is 5.66. The van der Waals surface area contributed by atoms with Crippen molar-refractivity contribution in [2.75, 3.05) is 7.05 Å². The van der Waals surface area contributed by atoms with E-state index in [2.05, 4.69) is 12.2 Å². The molecule has 0 saturated heterocycles. The van der Waals surface area contributed by atoms with Gasteiger partial charge in [0.05, 0.1) is 0 Å². The average molecular weight is 260 g/mol. The van der Waals surface area contributed by atoms with Gasteiger partial charge in [-0.3, -0.25) is 0 Å². The fourth-order valence-electron chi connectivity index (χ4n) is 2.73. The molecule has 3 nitrogen and oxygen atoms in total. The topological polar surface area (TPSA) is 32.3 Å². The van der Waals surface area contributed by atoms with E-state index in [9.17, 15) is 4.79 Å². The molecular formula is C16H24N2O. The highest BCUT2D eigenvalue weighted by molar-refractivity contribution is 5.74. The maximum absolute atomic E-state index is 12.2. The Morgan fingerprint density at radius 3 is 2.63 bits per heavy atom. The van der Waals surface area contributed by atoms with Crippen molar-refractivity contribution in [3.63, 3.8) is 0 Å². The Morgan fingerprint density at radius 2 is 1.95 bits per heavy atom. The van der Waals surface area contributed by atoms with Crippen molar-refractivity contribution in [1.29, 1.82) is 0 Å². The van der Waals surface area contributed by atoms with Gasteiger partial charge in [-0.05, 0) is 24.3 Å². The summed E-state index contributed by atoms with van der Waals surface area (Å²) in [5.41, 5.74) is 1.16. The Labute approximate surface area is 116 Å². The number of nitrogens with zero attached hydrogens (tertiary/aromatic N) is 1. The summed E-state index contributed by atoms with van der Waals surface area (Å²) in [4.78, 5) is 13.9. The van der Waals surface area contributed by atoms with E-state index < -0.39 is 0 Å². The third-order valence-electron chi connectivity index (χ3n) is 4.03. The summed E-state index contributed by atoms with van der Waals surface area (Å²) in [5, 5.41) is 3.18. The van der Waals surface area contributed by atoms with Gasteiger partial charge in [0.25, 0.3) is 0 Å². The second-order valence-electron chi connectivity index (χ2n) is 5.66. The summed E-state index contributed by atoms with van der Waals surface area (Å²) in [6, 6.07) is 10.5. The minimum atomic E-state index is 0.0441. The standard InChI is InChI=1S/C16H24N2O/c1-13-8-6-7-11-15(13)17-16(19)18(2)12-14-9-4-3-5-10-14/h3-5,9-10,13,15H,6-8,11-12H2,1-2H3,(H,17,19)/t13-,15-/m1/s1. The molecule has 3 heteroatoms. The molecule has 0 aromatic heterocycles. The Kier molecular flexibility index (Phi) is 4.83. The molecule has 1 aliphatic rings. The average Bonchev–Trinajstić information content (AvgIpc) is 2.42. The third-order valence-corrected chi connectivity index (χ3v) is 4.03. The fraction of sp³-hybridized carbons (Fsp3) is 0.562. The van der Waals surface area contributed by atoms with E-state index in [1.807, 2.05) is 37.4 Å².